The minimum absolute atomic E-state index is 0.185. The molecule has 1 aliphatic rings. The van der Waals surface area contributed by atoms with Gasteiger partial charge in [0.15, 0.2) is 0 Å². The van der Waals surface area contributed by atoms with E-state index < -0.39 is 0 Å². The van der Waals surface area contributed by atoms with Gasteiger partial charge in [0.05, 0.1) is 5.56 Å². The van der Waals surface area contributed by atoms with Gasteiger partial charge in [-0.1, -0.05) is 31.4 Å². The summed E-state index contributed by atoms with van der Waals surface area (Å²) in [6.07, 6.45) is 5.82. The third kappa shape index (κ3) is 3.38. The number of likely N-dealkylation sites (tertiary alicyclic amines) is 1. The van der Waals surface area contributed by atoms with Crippen molar-refractivity contribution in [1.29, 1.82) is 0 Å². The molecule has 0 N–H and O–H groups in total. The molecule has 1 heterocycles. The van der Waals surface area contributed by atoms with Gasteiger partial charge in [-0.25, -0.2) is 0 Å². The standard InChI is InChI=1S/C16H22BrNO/c1-3-13-7-5-4-6-10-18(13)16(19)14-11-12(2)8-9-15(14)17/h8-9,11,13H,3-7,10H2,1-2H3. The quantitative estimate of drug-likeness (QED) is 0.781. The van der Waals surface area contributed by atoms with E-state index in [9.17, 15) is 4.79 Å². The smallest absolute Gasteiger partial charge is 0.255 e. The van der Waals surface area contributed by atoms with Crippen LogP contribution in [-0.4, -0.2) is 23.4 Å². The van der Waals surface area contributed by atoms with E-state index in [0.717, 1.165) is 41.4 Å². The van der Waals surface area contributed by atoms with Gasteiger partial charge in [0, 0.05) is 17.1 Å². The van der Waals surface area contributed by atoms with Crippen LogP contribution in [0.2, 0.25) is 0 Å². The lowest BCUT2D eigenvalue weighted by Gasteiger charge is -2.29. The van der Waals surface area contributed by atoms with E-state index in [0.29, 0.717) is 6.04 Å². The topological polar surface area (TPSA) is 20.3 Å². The summed E-state index contributed by atoms with van der Waals surface area (Å²) >= 11 is 3.51. The zero-order chi connectivity index (χ0) is 13.8. The lowest BCUT2D eigenvalue weighted by molar-refractivity contribution is 0.0677. The van der Waals surface area contributed by atoms with Gasteiger partial charge in [0.2, 0.25) is 0 Å². The molecule has 0 bridgehead atoms. The highest BCUT2D eigenvalue weighted by molar-refractivity contribution is 9.10. The van der Waals surface area contributed by atoms with Gasteiger partial charge in [0.1, 0.15) is 0 Å². The average molecular weight is 324 g/mol. The van der Waals surface area contributed by atoms with E-state index in [-0.39, 0.29) is 5.91 Å². The Morgan fingerprint density at radius 2 is 2.16 bits per heavy atom. The summed E-state index contributed by atoms with van der Waals surface area (Å²) in [6, 6.07) is 6.40. The first-order valence-corrected chi connectivity index (χ1v) is 8.00. The van der Waals surface area contributed by atoms with Gasteiger partial charge in [-0.15, -0.1) is 0 Å². The van der Waals surface area contributed by atoms with Gasteiger partial charge >= 0.3 is 0 Å². The van der Waals surface area contributed by atoms with E-state index in [1.807, 2.05) is 25.1 Å². The van der Waals surface area contributed by atoms with Crippen molar-refractivity contribution in [3.63, 3.8) is 0 Å². The number of carbonyl (C=O) groups excluding carboxylic acids is 1. The fourth-order valence-electron chi connectivity index (χ4n) is 2.83. The molecule has 1 fully saturated rings. The summed E-state index contributed by atoms with van der Waals surface area (Å²) in [4.78, 5) is 14.9. The number of benzene rings is 1. The molecule has 1 saturated heterocycles. The van der Waals surface area contributed by atoms with Crippen LogP contribution in [0, 0.1) is 6.92 Å². The maximum atomic E-state index is 12.8. The maximum absolute atomic E-state index is 12.8. The van der Waals surface area contributed by atoms with Gasteiger partial charge < -0.3 is 4.90 Å². The third-order valence-electron chi connectivity index (χ3n) is 3.96. The number of hydrogen-bond donors (Lipinski definition) is 0. The monoisotopic (exact) mass is 323 g/mol. The number of amides is 1. The second-order valence-electron chi connectivity index (χ2n) is 5.39. The zero-order valence-corrected chi connectivity index (χ0v) is 13.4. The SMILES string of the molecule is CCC1CCCCCN1C(=O)c1cc(C)ccc1Br. The van der Waals surface area contributed by atoms with Crippen LogP contribution in [-0.2, 0) is 0 Å². The Kier molecular flexibility index (Phi) is 5.03. The van der Waals surface area contributed by atoms with Crippen LogP contribution in [0.25, 0.3) is 0 Å². The first kappa shape index (κ1) is 14.6. The zero-order valence-electron chi connectivity index (χ0n) is 11.8. The van der Waals surface area contributed by atoms with Crippen molar-refractivity contribution in [2.24, 2.45) is 0 Å². The third-order valence-corrected chi connectivity index (χ3v) is 4.65. The minimum atomic E-state index is 0.185. The average Bonchev–Trinajstić information content (AvgIpc) is 2.65. The molecule has 0 spiro atoms. The summed E-state index contributed by atoms with van der Waals surface area (Å²) < 4.78 is 0.905. The molecule has 1 aliphatic heterocycles. The highest BCUT2D eigenvalue weighted by atomic mass is 79.9. The second-order valence-corrected chi connectivity index (χ2v) is 6.25. The summed E-state index contributed by atoms with van der Waals surface area (Å²) in [6.45, 7) is 5.11. The molecule has 1 amide bonds. The lowest BCUT2D eigenvalue weighted by Crippen LogP contribution is -2.39. The van der Waals surface area contributed by atoms with Crippen molar-refractivity contribution in [3.8, 4) is 0 Å². The van der Waals surface area contributed by atoms with Crippen LogP contribution in [0.1, 0.15) is 54.9 Å². The highest BCUT2D eigenvalue weighted by Crippen LogP contribution is 2.25. The summed E-state index contributed by atoms with van der Waals surface area (Å²) in [5.41, 5.74) is 1.94. The summed E-state index contributed by atoms with van der Waals surface area (Å²) in [5.74, 6) is 0.185. The highest BCUT2D eigenvalue weighted by Gasteiger charge is 2.26. The minimum Gasteiger partial charge on any atom is -0.336 e. The fraction of sp³-hybridized carbons (Fsp3) is 0.562. The number of aryl methyl sites for hydroxylation is 1. The van der Waals surface area contributed by atoms with Gasteiger partial charge in [-0.05, 0) is 54.2 Å². The van der Waals surface area contributed by atoms with Crippen molar-refractivity contribution in [2.75, 3.05) is 6.54 Å². The van der Waals surface area contributed by atoms with Crippen molar-refractivity contribution in [1.82, 2.24) is 4.90 Å². The number of rotatable bonds is 2. The lowest BCUT2D eigenvalue weighted by atomic mass is 10.1. The van der Waals surface area contributed by atoms with Crippen LogP contribution in [0.4, 0.5) is 0 Å². The number of carbonyl (C=O) groups is 1. The van der Waals surface area contributed by atoms with Crippen LogP contribution in [0.15, 0.2) is 22.7 Å². The van der Waals surface area contributed by atoms with Gasteiger partial charge in [0.25, 0.3) is 5.91 Å². The molecule has 0 aromatic heterocycles. The van der Waals surface area contributed by atoms with Crippen molar-refractivity contribution >= 4 is 21.8 Å². The molecule has 2 nitrogen and oxygen atoms in total. The van der Waals surface area contributed by atoms with Gasteiger partial charge in [-0.2, -0.15) is 0 Å². The molecule has 0 saturated carbocycles. The van der Waals surface area contributed by atoms with E-state index >= 15 is 0 Å². The number of nitrogens with zero attached hydrogens (tertiary/aromatic N) is 1. The van der Waals surface area contributed by atoms with Crippen LogP contribution in [0.5, 0.6) is 0 Å². The first-order valence-electron chi connectivity index (χ1n) is 7.20. The van der Waals surface area contributed by atoms with E-state index in [1.54, 1.807) is 0 Å². The molecule has 2 rings (SSSR count). The number of hydrogen-bond acceptors (Lipinski definition) is 1. The largest absolute Gasteiger partial charge is 0.336 e. The molecular formula is C16H22BrNO. The Morgan fingerprint density at radius 3 is 2.89 bits per heavy atom. The van der Waals surface area contributed by atoms with E-state index in [1.165, 1.54) is 12.8 Å². The van der Waals surface area contributed by atoms with Gasteiger partial charge in [-0.3, -0.25) is 4.79 Å². The molecule has 3 heteroatoms. The van der Waals surface area contributed by atoms with E-state index in [4.69, 9.17) is 0 Å². The first-order chi connectivity index (χ1) is 9.13. The molecule has 104 valence electrons. The Hall–Kier alpha value is -0.830. The fourth-order valence-corrected chi connectivity index (χ4v) is 3.24. The summed E-state index contributed by atoms with van der Waals surface area (Å²) in [5, 5.41) is 0. The Labute approximate surface area is 124 Å². The van der Waals surface area contributed by atoms with Crippen LogP contribution in [0.3, 0.4) is 0 Å². The molecule has 1 aromatic rings. The Morgan fingerprint density at radius 1 is 1.37 bits per heavy atom. The summed E-state index contributed by atoms with van der Waals surface area (Å²) in [7, 11) is 0. The molecule has 1 aromatic carbocycles. The van der Waals surface area contributed by atoms with Crippen molar-refractivity contribution in [3.05, 3.63) is 33.8 Å². The predicted octanol–water partition coefficient (Wildman–Crippen LogP) is 4.55. The van der Waals surface area contributed by atoms with E-state index in [2.05, 4.69) is 27.8 Å². The van der Waals surface area contributed by atoms with Crippen molar-refractivity contribution < 1.29 is 4.79 Å². The molecule has 1 atom stereocenters. The normalized spacial score (nSPS) is 20.2. The Balaban J connectivity index is 2.27. The molecule has 19 heavy (non-hydrogen) atoms. The molecular weight excluding hydrogens is 302 g/mol. The second kappa shape index (κ2) is 6.56. The number of halogens is 1. The Bertz CT molecular complexity index is 458. The molecule has 1 unspecified atom stereocenters. The predicted molar refractivity (Wildman–Crippen MR) is 82.5 cm³/mol. The molecule has 0 radical (unpaired) electrons. The molecule has 0 aliphatic carbocycles. The van der Waals surface area contributed by atoms with Crippen LogP contribution < -0.4 is 0 Å². The maximum Gasteiger partial charge on any atom is 0.255 e. The van der Waals surface area contributed by atoms with Crippen molar-refractivity contribution in [2.45, 2.75) is 52.0 Å². The van der Waals surface area contributed by atoms with Crippen LogP contribution >= 0.6 is 15.9 Å².